The first-order chi connectivity index (χ1) is 16.0. The van der Waals surface area contributed by atoms with Gasteiger partial charge in [-0.15, -0.1) is 10.2 Å². The minimum Gasteiger partial charge on any atom is -0.272 e. The monoisotopic (exact) mass is 455 g/mol. The maximum absolute atomic E-state index is 12.5. The maximum Gasteiger partial charge on any atom is 0.250 e. The summed E-state index contributed by atoms with van der Waals surface area (Å²) in [5.41, 5.74) is 8.61. The van der Waals surface area contributed by atoms with Gasteiger partial charge in [-0.25, -0.2) is 5.43 Å². The molecule has 0 aliphatic rings. The van der Waals surface area contributed by atoms with Crippen molar-refractivity contribution < 1.29 is 4.79 Å². The van der Waals surface area contributed by atoms with Gasteiger partial charge < -0.3 is 0 Å². The second-order valence-corrected chi connectivity index (χ2v) is 8.67. The van der Waals surface area contributed by atoms with E-state index in [9.17, 15) is 4.79 Å². The SMILES string of the molecule is C/C(=N\NC(=O)CSc1nnc(-c2ccc(C)cc2)n1-c1ccc(C)cc1)c1ccccc1. The van der Waals surface area contributed by atoms with Crippen LogP contribution < -0.4 is 5.43 Å². The van der Waals surface area contributed by atoms with E-state index in [2.05, 4.69) is 58.8 Å². The smallest absolute Gasteiger partial charge is 0.250 e. The third-order valence-corrected chi connectivity index (χ3v) is 6.04. The summed E-state index contributed by atoms with van der Waals surface area (Å²) in [4.78, 5) is 12.5. The lowest BCUT2D eigenvalue weighted by Crippen LogP contribution is -2.21. The first-order valence-corrected chi connectivity index (χ1v) is 11.6. The normalized spacial score (nSPS) is 11.4. The van der Waals surface area contributed by atoms with Gasteiger partial charge in [0, 0.05) is 11.3 Å². The second kappa shape index (κ2) is 10.3. The molecule has 3 aromatic carbocycles. The van der Waals surface area contributed by atoms with Crippen molar-refractivity contribution in [3.63, 3.8) is 0 Å². The number of carbonyl (C=O) groups excluding carboxylic acids is 1. The summed E-state index contributed by atoms with van der Waals surface area (Å²) in [6.07, 6.45) is 0. The molecule has 0 aliphatic heterocycles. The molecular formula is C26H25N5OS. The predicted molar refractivity (Wildman–Crippen MR) is 134 cm³/mol. The fourth-order valence-corrected chi connectivity index (χ4v) is 3.98. The van der Waals surface area contributed by atoms with Gasteiger partial charge >= 0.3 is 0 Å². The maximum atomic E-state index is 12.5. The summed E-state index contributed by atoms with van der Waals surface area (Å²) < 4.78 is 1.99. The quantitative estimate of drug-likeness (QED) is 0.237. The van der Waals surface area contributed by atoms with Gasteiger partial charge in [-0.1, -0.05) is 89.6 Å². The Balaban J connectivity index is 1.54. The van der Waals surface area contributed by atoms with Crippen molar-refractivity contribution >= 4 is 23.4 Å². The first-order valence-electron chi connectivity index (χ1n) is 10.6. The van der Waals surface area contributed by atoms with Gasteiger partial charge in [-0.2, -0.15) is 5.10 Å². The number of benzene rings is 3. The summed E-state index contributed by atoms with van der Waals surface area (Å²) in [5.74, 6) is 0.703. The molecule has 4 rings (SSSR count). The Hall–Kier alpha value is -3.71. The van der Waals surface area contributed by atoms with Crippen LogP contribution in [0.1, 0.15) is 23.6 Å². The van der Waals surface area contributed by atoms with E-state index < -0.39 is 0 Å². The molecule has 1 aromatic heterocycles. The van der Waals surface area contributed by atoms with Crippen molar-refractivity contribution in [3.05, 3.63) is 95.6 Å². The van der Waals surface area contributed by atoms with E-state index in [0.717, 1.165) is 28.4 Å². The zero-order chi connectivity index (χ0) is 23.2. The Bertz CT molecular complexity index is 1260. The minimum atomic E-state index is -0.203. The number of rotatable bonds is 7. The minimum absolute atomic E-state index is 0.170. The van der Waals surface area contributed by atoms with Crippen LogP contribution in [0.15, 0.2) is 89.1 Å². The highest BCUT2D eigenvalue weighted by Gasteiger charge is 2.17. The van der Waals surface area contributed by atoms with Crippen LogP contribution in [0.3, 0.4) is 0 Å². The average Bonchev–Trinajstić information content (AvgIpc) is 3.26. The number of carbonyl (C=O) groups is 1. The van der Waals surface area contributed by atoms with E-state index >= 15 is 0 Å². The number of aromatic nitrogens is 3. The highest BCUT2D eigenvalue weighted by Crippen LogP contribution is 2.28. The lowest BCUT2D eigenvalue weighted by molar-refractivity contribution is -0.118. The Morgan fingerprint density at radius 1 is 0.909 bits per heavy atom. The van der Waals surface area contributed by atoms with E-state index in [1.54, 1.807) is 0 Å². The summed E-state index contributed by atoms with van der Waals surface area (Å²) in [6.45, 7) is 5.97. The van der Waals surface area contributed by atoms with E-state index in [1.165, 1.54) is 22.9 Å². The van der Waals surface area contributed by atoms with Gasteiger partial charge in [0.2, 0.25) is 0 Å². The molecule has 0 aliphatic carbocycles. The molecule has 1 amide bonds. The number of hydrogen-bond acceptors (Lipinski definition) is 5. The van der Waals surface area contributed by atoms with Gasteiger partial charge in [0.15, 0.2) is 11.0 Å². The van der Waals surface area contributed by atoms with E-state index in [-0.39, 0.29) is 11.7 Å². The molecule has 166 valence electrons. The van der Waals surface area contributed by atoms with Crippen molar-refractivity contribution in [2.45, 2.75) is 25.9 Å². The molecule has 7 heteroatoms. The lowest BCUT2D eigenvalue weighted by Gasteiger charge is -2.11. The standard InChI is InChI=1S/C26H25N5OS/c1-18-9-13-22(14-10-18)25-29-30-26(31(25)23-15-11-19(2)12-16-23)33-17-24(32)28-27-20(3)21-7-5-4-6-8-21/h4-16H,17H2,1-3H3,(H,28,32)/b27-20+. The molecule has 0 radical (unpaired) electrons. The number of thioether (sulfide) groups is 1. The number of nitrogens with zero attached hydrogens (tertiary/aromatic N) is 4. The van der Waals surface area contributed by atoms with Crippen LogP contribution in [-0.2, 0) is 4.79 Å². The number of hydrogen-bond donors (Lipinski definition) is 1. The molecule has 6 nitrogen and oxygen atoms in total. The first kappa shape index (κ1) is 22.5. The van der Waals surface area contributed by atoms with E-state index in [4.69, 9.17) is 0 Å². The summed E-state index contributed by atoms with van der Waals surface area (Å²) in [6, 6.07) is 26.1. The zero-order valence-corrected chi connectivity index (χ0v) is 19.6. The summed E-state index contributed by atoms with van der Waals surface area (Å²) in [7, 11) is 0. The van der Waals surface area contributed by atoms with Crippen LogP contribution in [0.5, 0.6) is 0 Å². The third-order valence-electron chi connectivity index (χ3n) is 5.11. The van der Waals surface area contributed by atoms with Gasteiger partial charge in [0.25, 0.3) is 5.91 Å². The Morgan fingerprint density at radius 3 is 2.21 bits per heavy atom. The molecule has 0 spiro atoms. The van der Waals surface area contributed by atoms with Crippen LogP contribution in [-0.4, -0.2) is 32.1 Å². The molecule has 1 heterocycles. The van der Waals surface area contributed by atoms with Crippen LogP contribution >= 0.6 is 11.8 Å². The van der Waals surface area contributed by atoms with Crippen LogP contribution in [0.2, 0.25) is 0 Å². The van der Waals surface area contributed by atoms with Crippen molar-refractivity contribution in [1.29, 1.82) is 0 Å². The van der Waals surface area contributed by atoms with Crippen LogP contribution in [0.4, 0.5) is 0 Å². The molecule has 33 heavy (non-hydrogen) atoms. The highest BCUT2D eigenvalue weighted by molar-refractivity contribution is 7.99. The topological polar surface area (TPSA) is 72.2 Å². The molecule has 0 unspecified atom stereocenters. The van der Waals surface area contributed by atoms with Crippen molar-refractivity contribution in [3.8, 4) is 17.1 Å². The molecule has 0 saturated carbocycles. The van der Waals surface area contributed by atoms with Gasteiger partial charge in [-0.05, 0) is 38.5 Å². The molecule has 0 fully saturated rings. The largest absolute Gasteiger partial charge is 0.272 e. The van der Waals surface area contributed by atoms with Crippen molar-refractivity contribution in [2.75, 3.05) is 5.75 Å². The molecule has 0 bridgehead atoms. The second-order valence-electron chi connectivity index (χ2n) is 7.73. The molecule has 0 atom stereocenters. The number of nitrogens with one attached hydrogen (secondary N) is 1. The van der Waals surface area contributed by atoms with E-state index in [0.29, 0.717) is 5.16 Å². The molecule has 4 aromatic rings. The Labute approximate surface area is 197 Å². The Kier molecular flexibility index (Phi) is 7.00. The molecule has 1 N–H and O–H groups in total. The number of aryl methyl sites for hydroxylation is 2. The molecular weight excluding hydrogens is 430 g/mol. The van der Waals surface area contributed by atoms with Crippen molar-refractivity contribution in [1.82, 2.24) is 20.2 Å². The van der Waals surface area contributed by atoms with Crippen molar-refractivity contribution in [2.24, 2.45) is 5.10 Å². The van der Waals surface area contributed by atoms with Gasteiger partial charge in [0.05, 0.1) is 11.5 Å². The number of hydrazone groups is 1. The Morgan fingerprint density at radius 2 is 1.55 bits per heavy atom. The highest BCUT2D eigenvalue weighted by atomic mass is 32.2. The fraction of sp³-hybridized carbons (Fsp3) is 0.154. The van der Waals surface area contributed by atoms with Crippen LogP contribution in [0.25, 0.3) is 17.1 Å². The zero-order valence-electron chi connectivity index (χ0n) is 18.8. The lowest BCUT2D eigenvalue weighted by atomic mass is 10.1. The molecule has 0 saturated heterocycles. The predicted octanol–water partition coefficient (Wildman–Crippen LogP) is 5.18. The van der Waals surface area contributed by atoms with Gasteiger partial charge in [-0.3, -0.25) is 9.36 Å². The summed E-state index contributed by atoms with van der Waals surface area (Å²) >= 11 is 1.33. The number of amides is 1. The van der Waals surface area contributed by atoms with E-state index in [1.807, 2.05) is 66.1 Å². The third kappa shape index (κ3) is 5.56. The fourth-order valence-electron chi connectivity index (χ4n) is 3.23. The van der Waals surface area contributed by atoms with Crippen LogP contribution in [0, 0.1) is 13.8 Å². The van der Waals surface area contributed by atoms with Gasteiger partial charge in [0.1, 0.15) is 0 Å². The summed E-state index contributed by atoms with van der Waals surface area (Å²) in [5, 5.41) is 13.7. The average molecular weight is 456 g/mol.